The lowest BCUT2D eigenvalue weighted by atomic mass is 10.1. The van der Waals surface area contributed by atoms with E-state index in [4.69, 9.17) is 5.84 Å². The molecular formula is C10H10Br2N2S2. The van der Waals surface area contributed by atoms with Crippen molar-refractivity contribution >= 4 is 54.5 Å². The fraction of sp³-hybridized carbons (Fsp3) is 0.200. The van der Waals surface area contributed by atoms with E-state index in [2.05, 4.69) is 61.7 Å². The predicted octanol–water partition coefficient (Wildman–Crippen LogP) is 4.20. The number of halogens is 2. The molecular weight excluding hydrogens is 372 g/mol. The predicted molar refractivity (Wildman–Crippen MR) is 77.9 cm³/mol. The first-order valence-electron chi connectivity index (χ1n) is 4.58. The molecule has 2 nitrogen and oxygen atoms in total. The summed E-state index contributed by atoms with van der Waals surface area (Å²) in [5.74, 6) is 5.65. The van der Waals surface area contributed by atoms with Gasteiger partial charge in [0.1, 0.15) is 0 Å². The van der Waals surface area contributed by atoms with E-state index in [0.29, 0.717) is 0 Å². The number of aryl methyl sites for hydroxylation is 1. The Balaban J connectivity index is 2.40. The van der Waals surface area contributed by atoms with Crippen molar-refractivity contribution in [2.45, 2.75) is 13.0 Å². The van der Waals surface area contributed by atoms with Crippen LogP contribution in [0.25, 0.3) is 0 Å². The lowest BCUT2D eigenvalue weighted by Crippen LogP contribution is -2.28. The third-order valence-corrected chi connectivity index (χ3v) is 6.51. The zero-order valence-electron chi connectivity index (χ0n) is 8.46. The highest BCUT2D eigenvalue weighted by Gasteiger charge is 2.18. The molecule has 0 aliphatic carbocycles. The molecule has 3 N–H and O–H groups in total. The molecule has 1 atom stereocenters. The van der Waals surface area contributed by atoms with Crippen molar-refractivity contribution < 1.29 is 0 Å². The Morgan fingerprint density at radius 1 is 1.44 bits per heavy atom. The quantitative estimate of drug-likeness (QED) is 0.617. The molecule has 2 heterocycles. The topological polar surface area (TPSA) is 38.0 Å². The summed E-state index contributed by atoms with van der Waals surface area (Å²) in [6.45, 7) is 2.11. The average Bonchev–Trinajstić information content (AvgIpc) is 2.78. The molecule has 0 aliphatic heterocycles. The number of thiophene rings is 2. The van der Waals surface area contributed by atoms with Crippen LogP contribution in [0.4, 0.5) is 0 Å². The van der Waals surface area contributed by atoms with Crippen LogP contribution in [0.15, 0.2) is 25.8 Å². The van der Waals surface area contributed by atoms with Gasteiger partial charge in [-0.3, -0.25) is 5.84 Å². The maximum atomic E-state index is 5.65. The van der Waals surface area contributed by atoms with Gasteiger partial charge in [-0.1, -0.05) is 0 Å². The first-order chi connectivity index (χ1) is 7.63. The van der Waals surface area contributed by atoms with Crippen LogP contribution in [-0.4, -0.2) is 0 Å². The van der Waals surface area contributed by atoms with Gasteiger partial charge < -0.3 is 0 Å². The minimum atomic E-state index is 0.0684. The average molecular weight is 382 g/mol. The SMILES string of the molecule is Cc1sccc1C(NN)c1cc(Br)c(Br)s1. The Hall–Kier alpha value is 0.280. The Labute approximate surface area is 119 Å². The van der Waals surface area contributed by atoms with Gasteiger partial charge in [0.15, 0.2) is 0 Å². The third kappa shape index (κ3) is 2.42. The lowest BCUT2D eigenvalue weighted by Gasteiger charge is -2.13. The van der Waals surface area contributed by atoms with Crippen molar-refractivity contribution in [2.75, 3.05) is 0 Å². The van der Waals surface area contributed by atoms with Crippen molar-refractivity contribution in [3.63, 3.8) is 0 Å². The zero-order chi connectivity index (χ0) is 11.7. The summed E-state index contributed by atoms with van der Waals surface area (Å²) in [4.78, 5) is 2.49. The fourth-order valence-corrected chi connectivity index (χ4v) is 4.43. The molecule has 0 aromatic carbocycles. The molecule has 0 spiro atoms. The largest absolute Gasteiger partial charge is 0.271 e. The van der Waals surface area contributed by atoms with E-state index >= 15 is 0 Å². The smallest absolute Gasteiger partial charge is 0.0843 e. The number of hydrogen-bond donors (Lipinski definition) is 2. The van der Waals surface area contributed by atoms with E-state index < -0.39 is 0 Å². The fourth-order valence-electron chi connectivity index (χ4n) is 1.53. The van der Waals surface area contributed by atoms with Crippen LogP contribution in [0.2, 0.25) is 0 Å². The number of hydrazine groups is 1. The van der Waals surface area contributed by atoms with E-state index in [-0.39, 0.29) is 6.04 Å². The molecule has 0 bridgehead atoms. The highest BCUT2D eigenvalue weighted by atomic mass is 79.9. The maximum Gasteiger partial charge on any atom is 0.0843 e. The van der Waals surface area contributed by atoms with Gasteiger partial charge in [-0.05, 0) is 61.9 Å². The van der Waals surface area contributed by atoms with Crippen LogP contribution in [0.1, 0.15) is 21.4 Å². The number of hydrogen-bond acceptors (Lipinski definition) is 4. The normalized spacial score (nSPS) is 13.0. The molecule has 1 unspecified atom stereocenters. The summed E-state index contributed by atoms with van der Waals surface area (Å²) >= 11 is 10.4. The monoisotopic (exact) mass is 380 g/mol. The van der Waals surface area contributed by atoms with E-state index in [0.717, 1.165) is 8.26 Å². The van der Waals surface area contributed by atoms with Crippen molar-refractivity contribution in [1.29, 1.82) is 0 Å². The maximum absolute atomic E-state index is 5.65. The van der Waals surface area contributed by atoms with Crippen LogP contribution in [0.3, 0.4) is 0 Å². The van der Waals surface area contributed by atoms with Crippen molar-refractivity contribution in [2.24, 2.45) is 5.84 Å². The highest BCUT2D eigenvalue weighted by molar-refractivity contribution is 9.13. The molecule has 16 heavy (non-hydrogen) atoms. The zero-order valence-corrected chi connectivity index (χ0v) is 13.3. The summed E-state index contributed by atoms with van der Waals surface area (Å²) < 4.78 is 2.16. The van der Waals surface area contributed by atoms with Crippen LogP contribution >= 0.6 is 54.5 Å². The van der Waals surface area contributed by atoms with Gasteiger partial charge in [-0.25, -0.2) is 5.43 Å². The van der Waals surface area contributed by atoms with Crippen molar-refractivity contribution in [1.82, 2.24) is 5.43 Å². The van der Waals surface area contributed by atoms with Gasteiger partial charge in [0.05, 0.1) is 9.83 Å². The molecule has 0 aliphatic rings. The van der Waals surface area contributed by atoms with E-state index in [1.165, 1.54) is 15.3 Å². The van der Waals surface area contributed by atoms with Gasteiger partial charge in [0, 0.05) is 14.2 Å². The van der Waals surface area contributed by atoms with Crippen LogP contribution in [-0.2, 0) is 0 Å². The van der Waals surface area contributed by atoms with Gasteiger partial charge in [-0.2, -0.15) is 0 Å². The molecule has 0 saturated heterocycles. The summed E-state index contributed by atoms with van der Waals surface area (Å²) in [5.41, 5.74) is 4.12. The molecule has 2 aromatic rings. The molecule has 2 aromatic heterocycles. The summed E-state index contributed by atoms with van der Waals surface area (Å²) in [5, 5.41) is 2.09. The summed E-state index contributed by atoms with van der Waals surface area (Å²) in [7, 11) is 0. The molecule has 0 fully saturated rings. The lowest BCUT2D eigenvalue weighted by molar-refractivity contribution is 0.646. The van der Waals surface area contributed by atoms with E-state index in [9.17, 15) is 0 Å². The first kappa shape index (κ1) is 12.7. The Morgan fingerprint density at radius 3 is 2.62 bits per heavy atom. The molecule has 0 radical (unpaired) electrons. The van der Waals surface area contributed by atoms with Crippen molar-refractivity contribution in [3.05, 3.63) is 41.1 Å². The van der Waals surface area contributed by atoms with Crippen molar-refractivity contribution in [3.8, 4) is 0 Å². The second kappa shape index (κ2) is 5.29. The van der Waals surface area contributed by atoms with Gasteiger partial charge in [-0.15, -0.1) is 22.7 Å². The van der Waals surface area contributed by atoms with Gasteiger partial charge in [0.25, 0.3) is 0 Å². The molecule has 6 heteroatoms. The third-order valence-electron chi connectivity index (χ3n) is 2.33. The minimum absolute atomic E-state index is 0.0684. The second-order valence-corrected chi connectivity index (χ2v) is 7.68. The number of nitrogens with one attached hydrogen (secondary N) is 1. The number of nitrogens with two attached hydrogens (primary N) is 1. The molecule has 86 valence electrons. The number of rotatable bonds is 3. The van der Waals surface area contributed by atoms with Gasteiger partial charge >= 0.3 is 0 Å². The van der Waals surface area contributed by atoms with Crippen LogP contribution in [0, 0.1) is 6.92 Å². The van der Waals surface area contributed by atoms with Crippen LogP contribution in [0.5, 0.6) is 0 Å². The summed E-state index contributed by atoms with van der Waals surface area (Å²) in [6.07, 6.45) is 0. The Morgan fingerprint density at radius 2 is 2.19 bits per heavy atom. The van der Waals surface area contributed by atoms with Crippen LogP contribution < -0.4 is 11.3 Å². The van der Waals surface area contributed by atoms with E-state index in [1.54, 1.807) is 22.7 Å². The molecule has 0 amide bonds. The highest BCUT2D eigenvalue weighted by Crippen LogP contribution is 2.38. The second-order valence-electron chi connectivity index (χ2n) is 3.30. The summed E-state index contributed by atoms with van der Waals surface area (Å²) in [6, 6.07) is 4.28. The standard InChI is InChI=1S/C10H10Br2N2S2/c1-5-6(2-3-15-5)9(14-13)8-4-7(11)10(12)16-8/h2-4,9,14H,13H2,1H3. The Kier molecular flexibility index (Phi) is 4.21. The molecule has 0 saturated carbocycles. The molecule has 2 rings (SSSR count). The van der Waals surface area contributed by atoms with Gasteiger partial charge in [0.2, 0.25) is 0 Å². The Bertz CT molecular complexity index is 473. The van der Waals surface area contributed by atoms with E-state index in [1.807, 2.05) is 0 Å². The first-order valence-corrected chi connectivity index (χ1v) is 7.86. The minimum Gasteiger partial charge on any atom is -0.271 e.